The van der Waals surface area contributed by atoms with Gasteiger partial charge in [-0.25, -0.2) is 4.98 Å². The number of nitrogens with zero attached hydrogens (tertiary/aromatic N) is 4. The van der Waals surface area contributed by atoms with Gasteiger partial charge in [0.25, 0.3) is 5.89 Å². The highest BCUT2D eigenvalue weighted by atomic mass is 32.2. The SMILES string of the molecule is Cc1cccc(-c2nc(C(Sc3ncn[nH]3)c3ccc(C)c(C)c3)no2)c1. The lowest BCUT2D eigenvalue weighted by Crippen LogP contribution is -2.01. The lowest BCUT2D eigenvalue weighted by molar-refractivity contribution is 0.423. The quantitative estimate of drug-likeness (QED) is 0.509. The Morgan fingerprint density at radius 3 is 2.67 bits per heavy atom. The van der Waals surface area contributed by atoms with Crippen LogP contribution in [0.3, 0.4) is 0 Å². The van der Waals surface area contributed by atoms with Gasteiger partial charge in [0.2, 0.25) is 0 Å². The van der Waals surface area contributed by atoms with Crippen LogP contribution in [0.25, 0.3) is 11.5 Å². The minimum Gasteiger partial charge on any atom is -0.334 e. The molecule has 2 aromatic carbocycles. The maximum absolute atomic E-state index is 5.56. The Kier molecular flexibility index (Phi) is 4.77. The Balaban J connectivity index is 1.73. The molecule has 2 heterocycles. The Labute approximate surface area is 161 Å². The topological polar surface area (TPSA) is 80.5 Å². The smallest absolute Gasteiger partial charge is 0.257 e. The van der Waals surface area contributed by atoms with E-state index in [0.717, 1.165) is 16.7 Å². The number of benzene rings is 2. The molecule has 0 saturated heterocycles. The summed E-state index contributed by atoms with van der Waals surface area (Å²) in [5.74, 6) is 1.12. The van der Waals surface area contributed by atoms with E-state index in [1.165, 1.54) is 29.2 Å². The predicted octanol–water partition coefficient (Wildman–Crippen LogP) is 4.66. The average molecular weight is 377 g/mol. The van der Waals surface area contributed by atoms with Crippen molar-refractivity contribution in [1.29, 1.82) is 0 Å². The van der Waals surface area contributed by atoms with Gasteiger partial charge < -0.3 is 4.52 Å². The van der Waals surface area contributed by atoms with E-state index in [-0.39, 0.29) is 5.25 Å². The fraction of sp³-hybridized carbons (Fsp3) is 0.200. The lowest BCUT2D eigenvalue weighted by atomic mass is 10.0. The largest absolute Gasteiger partial charge is 0.334 e. The number of rotatable bonds is 5. The summed E-state index contributed by atoms with van der Waals surface area (Å²) in [6.07, 6.45) is 1.49. The van der Waals surface area contributed by atoms with E-state index in [4.69, 9.17) is 4.52 Å². The third kappa shape index (κ3) is 3.78. The average Bonchev–Trinajstić information content (AvgIpc) is 3.34. The second-order valence-electron chi connectivity index (χ2n) is 6.46. The van der Waals surface area contributed by atoms with Crippen LogP contribution in [0.5, 0.6) is 0 Å². The summed E-state index contributed by atoms with van der Waals surface area (Å²) in [5.41, 5.74) is 5.62. The van der Waals surface area contributed by atoms with Gasteiger partial charge in [0.1, 0.15) is 11.6 Å². The predicted molar refractivity (Wildman–Crippen MR) is 104 cm³/mol. The molecule has 0 aliphatic heterocycles. The minimum atomic E-state index is -0.153. The van der Waals surface area contributed by atoms with E-state index in [2.05, 4.69) is 57.4 Å². The molecule has 4 aromatic rings. The standard InChI is InChI=1S/C20H19N5OS/c1-12-5-4-6-16(9-12)19-23-18(25-26-19)17(27-20-21-11-22-24-20)15-8-7-13(2)14(3)10-15/h4-11,17H,1-3H3,(H,21,22,24). The third-order valence-electron chi connectivity index (χ3n) is 4.40. The summed E-state index contributed by atoms with van der Waals surface area (Å²) in [5, 5.41) is 11.6. The maximum Gasteiger partial charge on any atom is 0.257 e. The molecule has 2 aromatic heterocycles. The molecule has 1 unspecified atom stereocenters. The molecule has 27 heavy (non-hydrogen) atoms. The van der Waals surface area contributed by atoms with Crippen LogP contribution in [0.15, 0.2) is 58.5 Å². The van der Waals surface area contributed by atoms with E-state index in [0.29, 0.717) is 16.9 Å². The number of aromatic amines is 1. The first kappa shape index (κ1) is 17.5. The van der Waals surface area contributed by atoms with Crippen LogP contribution in [0.1, 0.15) is 33.3 Å². The first-order valence-electron chi connectivity index (χ1n) is 8.60. The first-order valence-corrected chi connectivity index (χ1v) is 9.48. The zero-order valence-corrected chi connectivity index (χ0v) is 16.1. The fourth-order valence-electron chi connectivity index (χ4n) is 2.80. The highest BCUT2D eigenvalue weighted by Gasteiger charge is 2.24. The van der Waals surface area contributed by atoms with Gasteiger partial charge in [0.05, 0.1) is 0 Å². The highest BCUT2D eigenvalue weighted by Crippen LogP contribution is 2.38. The molecule has 1 N–H and O–H groups in total. The molecule has 0 bridgehead atoms. The van der Waals surface area contributed by atoms with Crippen LogP contribution in [0.4, 0.5) is 0 Å². The number of thioether (sulfide) groups is 1. The van der Waals surface area contributed by atoms with Gasteiger partial charge in [-0.1, -0.05) is 52.8 Å². The normalized spacial score (nSPS) is 12.3. The van der Waals surface area contributed by atoms with Crippen LogP contribution < -0.4 is 0 Å². The van der Waals surface area contributed by atoms with Crippen molar-refractivity contribution in [2.45, 2.75) is 31.2 Å². The van der Waals surface area contributed by atoms with Crippen molar-refractivity contribution in [3.63, 3.8) is 0 Å². The number of hydrogen-bond acceptors (Lipinski definition) is 6. The van der Waals surface area contributed by atoms with Crippen LogP contribution in [0, 0.1) is 20.8 Å². The van der Waals surface area contributed by atoms with Crippen LogP contribution in [-0.2, 0) is 0 Å². The van der Waals surface area contributed by atoms with Crippen molar-refractivity contribution in [2.75, 3.05) is 0 Å². The van der Waals surface area contributed by atoms with Gasteiger partial charge in [0.15, 0.2) is 11.0 Å². The monoisotopic (exact) mass is 377 g/mol. The van der Waals surface area contributed by atoms with E-state index in [1.807, 2.05) is 31.2 Å². The zero-order valence-electron chi connectivity index (χ0n) is 15.3. The second kappa shape index (κ2) is 7.36. The molecule has 6 nitrogen and oxygen atoms in total. The van der Waals surface area contributed by atoms with Crippen molar-refractivity contribution in [2.24, 2.45) is 0 Å². The van der Waals surface area contributed by atoms with E-state index < -0.39 is 0 Å². The molecule has 0 amide bonds. The van der Waals surface area contributed by atoms with Gasteiger partial charge in [0, 0.05) is 5.56 Å². The summed E-state index contributed by atoms with van der Waals surface area (Å²) in [6, 6.07) is 14.4. The molecule has 7 heteroatoms. The number of aryl methyl sites for hydroxylation is 3. The van der Waals surface area contributed by atoms with E-state index in [9.17, 15) is 0 Å². The van der Waals surface area contributed by atoms with Gasteiger partial charge in [-0.3, -0.25) is 5.10 Å². The second-order valence-corrected chi connectivity index (χ2v) is 7.55. The molecular formula is C20H19N5OS. The maximum atomic E-state index is 5.56. The van der Waals surface area contributed by atoms with Crippen LogP contribution in [0.2, 0.25) is 0 Å². The van der Waals surface area contributed by atoms with E-state index >= 15 is 0 Å². The molecule has 0 aliphatic rings. The van der Waals surface area contributed by atoms with Gasteiger partial charge in [-0.15, -0.1) is 0 Å². The highest BCUT2D eigenvalue weighted by molar-refractivity contribution is 7.99. The lowest BCUT2D eigenvalue weighted by Gasteiger charge is -2.13. The van der Waals surface area contributed by atoms with Crippen molar-refractivity contribution in [3.8, 4) is 11.5 Å². The molecule has 0 radical (unpaired) electrons. The van der Waals surface area contributed by atoms with Crippen molar-refractivity contribution >= 4 is 11.8 Å². The first-order chi connectivity index (χ1) is 13.1. The van der Waals surface area contributed by atoms with Crippen LogP contribution >= 0.6 is 11.8 Å². The van der Waals surface area contributed by atoms with Gasteiger partial charge in [-0.05, 0) is 49.6 Å². The Bertz CT molecular complexity index is 1060. The van der Waals surface area contributed by atoms with Gasteiger partial charge >= 0.3 is 0 Å². The molecular weight excluding hydrogens is 358 g/mol. The number of nitrogens with one attached hydrogen (secondary N) is 1. The molecule has 0 fully saturated rings. The molecule has 0 spiro atoms. The Hall–Kier alpha value is -2.93. The minimum absolute atomic E-state index is 0.153. The van der Waals surface area contributed by atoms with Crippen molar-refractivity contribution < 1.29 is 4.52 Å². The van der Waals surface area contributed by atoms with Gasteiger partial charge in [-0.2, -0.15) is 10.1 Å². The summed E-state index contributed by atoms with van der Waals surface area (Å²) in [7, 11) is 0. The molecule has 136 valence electrons. The summed E-state index contributed by atoms with van der Waals surface area (Å²) in [6.45, 7) is 6.24. The number of hydrogen-bond donors (Lipinski definition) is 1. The zero-order chi connectivity index (χ0) is 18.8. The van der Waals surface area contributed by atoms with Crippen LogP contribution in [-0.4, -0.2) is 25.3 Å². The number of aromatic nitrogens is 5. The molecule has 0 saturated carbocycles. The summed E-state index contributed by atoms with van der Waals surface area (Å²) >= 11 is 1.51. The Morgan fingerprint density at radius 1 is 1.04 bits per heavy atom. The molecule has 4 rings (SSSR count). The third-order valence-corrected chi connectivity index (χ3v) is 5.54. The molecule has 0 aliphatic carbocycles. The van der Waals surface area contributed by atoms with Crippen molar-refractivity contribution in [1.82, 2.24) is 25.3 Å². The fourth-order valence-corrected chi connectivity index (χ4v) is 3.72. The Morgan fingerprint density at radius 2 is 1.93 bits per heavy atom. The summed E-state index contributed by atoms with van der Waals surface area (Å²) < 4.78 is 5.56. The van der Waals surface area contributed by atoms with Crippen molar-refractivity contribution in [3.05, 3.63) is 76.9 Å². The summed E-state index contributed by atoms with van der Waals surface area (Å²) in [4.78, 5) is 8.90. The molecule has 1 atom stereocenters. The number of H-pyrrole nitrogens is 1. The van der Waals surface area contributed by atoms with E-state index in [1.54, 1.807) is 0 Å².